The van der Waals surface area contributed by atoms with Gasteiger partial charge in [-0.3, -0.25) is 9.36 Å². The number of nitrogens with zero attached hydrogens (tertiary/aromatic N) is 2. The van der Waals surface area contributed by atoms with Crippen molar-refractivity contribution in [2.45, 2.75) is 6.92 Å². The molecule has 0 fully saturated rings. The third kappa shape index (κ3) is 3.07. The monoisotopic (exact) mass is 416 g/mol. The molecule has 1 amide bonds. The third-order valence-corrected chi connectivity index (χ3v) is 5.70. The van der Waals surface area contributed by atoms with Gasteiger partial charge in [0.2, 0.25) is 5.88 Å². The van der Waals surface area contributed by atoms with Crippen LogP contribution < -0.4 is 15.3 Å². The summed E-state index contributed by atoms with van der Waals surface area (Å²) in [4.78, 5) is 16.9. The lowest BCUT2D eigenvalue weighted by Gasteiger charge is -2.07. The van der Waals surface area contributed by atoms with Crippen molar-refractivity contribution in [2.24, 2.45) is 4.99 Å². The topological polar surface area (TPSA) is 63.8 Å². The summed E-state index contributed by atoms with van der Waals surface area (Å²) < 4.78 is 7.38. The van der Waals surface area contributed by atoms with Crippen LogP contribution in [0, 0.1) is 3.95 Å². The Hall–Kier alpha value is -2.48. The van der Waals surface area contributed by atoms with Gasteiger partial charge in [0.05, 0.1) is 23.2 Å². The van der Waals surface area contributed by atoms with E-state index < -0.39 is 5.91 Å². The largest absolute Gasteiger partial charge is 0.494 e. The highest BCUT2D eigenvalue weighted by molar-refractivity contribution is 7.73. The molecule has 0 saturated heterocycles. The summed E-state index contributed by atoms with van der Waals surface area (Å²) in [6.07, 6.45) is 0. The molecule has 0 aliphatic carbocycles. The Morgan fingerprint density at radius 2 is 2.00 bits per heavy atom. The van der Waals surface area contributed by atoms with Gasteiger partial charge in [-0.05, 0) is 61.6 Å². The lowest BCUT2D eigenvalue weighted by atomic mass is 10.1. The zero-order valence-corrected chi connectivity index (χ0v) is 16.5. The first-order valence-electron chi connectivity index (χ1n) is 8.11. The van der Waals surface area contributed by atoms with Crippen molar-refractivity contribution in [3.8, 4) is 17.3 Å². The number of rotatable bonds is 4. The molecule has 0 spiro atoms. The van der Waals surface area contributed by atoms with E-state index in [9.17, 15) is 9.90 Å². The van der Waals surface area contributed by atoms with Crippen molar-refractivity contribution < 1.29 is 14.6 Å². The first kappa shape index (κ1) is 17.9. The molecule has 1 aliphatic rings. The molecular formula is C19H13ClN2O3S2. The van der Waals surface area contributed by atoms with Gasteiger partial charge in [-0.15, -0.1) is 11.3 Å². The van der Waals surface area contributed by atoms with Crippen LogP contribution in [0.2, 0.25) is 5.02 Å². The molecule has 0 bridgehead atoms. The molecule has 5 nitrogen and oxygen atoms in total. The number of aromatic hydroxyl groups is 1. The summed E-state index contributed by atoms with van der Waals surface area (Å²) in [5, 5.41) is 12.5. The summed E-state index contributed by atoms with van der Waals surface area (Å²) in [5.41, 5.74) is 0.989. The van der Waals surface area contributed by atoms with Crippen molar-refractivity contribution in [2.75, 3.05) is 6.61 Å². The number of amides is 1. The molecule has 2 aromatic carbocycles. The van der Waals surface area contributed by atoms with E-state index in [0.29, 0.717) is 42.3 Å². The van der Waals surface area contributed by atoms with Crippen LogP contribution in [0.3, 0.4) is 0 Å². The van der Waals surface area contributed by atoms with Crippen LogP contribution in [0.15, 0.2) is 47.5 Å². The van der Waals surface area contributed by atoms with Gasteiger partial charge in [0.25, 0.3) is 5.91 Å². The van der Waals surface area contributed by atoms with E-state index in [1.165, 1.54) is 4.57 Å². The first-order chi connectivity index (χ1) is 13.0. The number of hydrogen-bond acceptors (Lipinski definition) is 5. The minimum atomic E-state index is -0.419. The van der Waals surface area contributed by atoms with Crippen LogP contribution in [0.25, 0.3) is 11.3 Å². The van der Waals surface area contributed by atoms with Crippen molar-refractivity contribution in [1.82, 2.24) is 4.57 Å². The molecule has 4 rings (SSSR count). The molecule has 27 heavy (non-hydrogen) atoms. The Labute approximate surface area is 168 Å². The van der Waals surface area contributed by atoms with Crippen LogP contribution in [0.5, 0.6) is 11.6 Å². The maximum atomic E-state index is 12.5. The van der Waals surface area contributed by atoms with Gasteiger partial charge in [0.1, 0.15) is 10.6 Å². The predicted octanol–water partition coefficient (Wildman–Crippen LogP) is 3.38. The van der Waals surface area contributed by atoms with Crippen LogP contribution >= 0.6 is 35.2 Å². The molecule has 0 radical (unpaired) electrons. The SMILES string of the molecule is CCOc1ccc(-n2c(O)c(C3=c4cc(Cl)ccc4=NC3=O)sc2=S)cc1. The molecule has 3 aromatic rings. The van der Waals surface area contributed by atoms with E-state index in [1.54, 1.807) is 42.5 Å². The van der Waals surface area contributed by atoms with Crippen LogP contribution in [-0.4, -0.2) is 22.2 Å². The molecule has 1 aromatic heterocycles. The van der Waals surface area contributed by atoms with Crippen LogP contribution in [0.1, 0.15) is 11.8 Å². The van der Waals surface area contributed by atoms with Crippen molar-refractivity contribution in [3.63, 3.8) is 0 Å². The Morgan fingerprint density at radius 3 is 2.70 bits per heavy atom. The quantitative estimate of drug-likeness (QED) is 0.662. The second kappa shape index (κ2) is 6.92. The normalized spacial score (nSPS) is 12.8. The Morgan fingerprint density at radius 1 is 1.26 bits per heavy atom. The number of hydrogen-bond donors (Lipinski definition) is 1. The van der Waals surface area contributed by atoms with E-state index >= 15 is 0 Å². The molecule has 2 heterocycles. The number of thiazole rings is 1. The van der Waals surface area contributed by atoms with Gasteiger partial charge in [0.15, 0.2) is 3.95 Å². The molecule has 0 saturated carbocycles. The number of fused-ring (bicyclic) bond motifs is 1. The molecule has 136 valence electrons. The highest BCUT2D eigenvalue weighted by Crippen LogP contribution is 2.35. The lowest BCUT2D eigenvalue weighted by molar-refractivity contribution is -0.112. The summed E-state index contributed by atoms with van der Waals surface area (Å²) in [5.74, 6) is 0.212. The molecule has 1 aliphatic heterocycles. The van der Waals surface area contributed by atoms with Gasteiger partial charge in [-0.25, -0.2) is 4.99 Å². The highest BCUT2D eigenvalue weighted by atomic mass is 35.5. The molecule has 0 unspecified atom stereocenters. The average Bonchev–Trinajstić information content (AvgIpc) is 3.11. The predicted molar refractivity (Wildman–Crippen MR) is 107 cm³/mol. The molecular weight excluding hydrogens is 404 g/mol. The van der Waals surface area contributed by atoms with Crippen molar-refractivity contribution in [1.29, 1.82) is 0 Å². The summed E-state index contributed by atoms with van der Waals surface area (Å²) >= 11 is 12.7. The number of carbonyl (C=O) groups excluding carboxylic acids is 1. The van der Waals surface area contributed by atoms with E-state index in [1.807, 2.05) is 6.92 Å². The second-order valence-corrected chi connectivity index (χ2v) is 7.82. The maximum Gasteiger partial charge on any atom is 0.279 e. The fourth-order valence-electron chi connectivity index (χ4n) is 2.92. The number of halogens is 1. The minimum Gasteiger partial charge on any atom is -0.494 e. The number of ether oxygens (including phenoxy) is 1. The lowest BCUT2D eigenvalue weighted by Crippen LogP contribution is -2.22. The molecule has 0 atom stereocenters. The van der Waals surface area contributed by atoms with Gasteiger partial charge in [-0.1, -0.05) is 11.6 Å². The van der Waals surface area contributed by atoms with Gasteiger partial charge >= 0.3 is 0 Å². The minimum absolute atomic E-state index is 0.0967. The van der Waals surface area contributed by atoms with E-state index in [4.69, 9.17) is 28.6 Å². The van der Waals surface area contributed by atoms with E-state index in [2.05, 4.69) is 4.99 Å². The maximum absolute atomic E-state index is 12.5. The molecule has 8 heteroatoms. The molecule has 1 N–H and O–H groups in total. The third-order valence-electron chi connectivity index (χ3n) is 4.08. The number of aromatic nitrogens is 1. The van der Waals surface area contributed by atoms with E-state index in [0.717, 1.165) is 17.1 Å². The second-order valence-electron chi connectivity index (χ2n) is 5.74. The van der Waals surface area contributed by atoms with Crippen LogP contribution in [0.4, 0.5) is 0 Å². The smallest absolute Gasteiger partial charge is 0.279 e. The standard InChI is InChI=1S/C19H13ClN2O3S2/c1-2-25-12-6-4-11(5-7-12)22-18(24)16(27-19(22)26)15-13-9-10(20)3-8-14(13)21-17(15)23/h3-9,24H,2H2,1H3. The fourth-order valence-corrected chi connectivity index (χ4v) is 4.47. The first-order valence-corrected chi connectivity index (χ1v) is 9.71. The van der Waals surface area contributed by atoms with Gasteiger partial charge in [-0.2, -0.15) is 0 Å². The zero-order valence-electron chi connectivity index (χ0n) is 14.1. The van der Waals surface area contributed by atoms with Gasteiger partial charge < -0.3 is 9.84 Å². The number of carbonyl (C=O) groups is 1. The zero-order chi connectivity index (χ0) is 19.1. The van der Waals surface area contributed by atoms with Crippen LogP contribution in [-0.2, 0) is 4.79 Å². The van der Waals surface area contributed by atoms with Gasteiger partial charge in [0, 0.05) is 10.2 Å². The Balaban J connectivity index is 1.90. The highest BCUT2D eigenvalue weighted by Gasteiger charge is 2.25. The average molecular weight is 417 g/mol. The fraction of sp³-hybridized carbons (Fsp3) is 0.105. The summed E-state index contributed by atoms with van der Waals surface area (Å²) in [6, 6.07) is 12.2. The Kier molecular flexibility index (Phi) is 4.59. The number of benzene rings is 2. The van der Waals surface area contributed by atoms with Crippen molar-refractivity contribution >= 4 is 46.6 Å². The van der Waals surface area contributed by atoms with E-state index in [-0.39, 0.29) is 5.88 Å². The summed E-state index contributed by atoms with van der Waals surface area (Å²) in [6.45, 7) is 2.48. The summed E-state index contributed by atoms with van der Waals surface area (Å²) in [7, 11) is 0. The van der Waals surface area contributed by atoms with Crippen molar-refractivity contribution in [3.05, 3.63) is 66.9 Å². The Bertz CT molecular complexity index is 1240.